The fourth-order valence-electron chi connectivity index (χ4n) is 3.09. The molecular weight excluding hydrogens is 408 g/mol. The number of rotatable bonds is 8. The summed E-state index contributed by atoms with van der Waals surface area (Å²) in [4.78, 5) is 32.6. The van der Waals surface area contributed by atoms with Crippen LogP contribution in [-0.2, 0) is 4.79 Å². The highest BCUT2D eigenvalue weighted by atomic mass is 32.1. The molecule has 2 heterocycles. The second-order valence-electron chi connectivity index (χ2n) is 6.81. The van der Waals surface area contributed by atoms with Crippen molar-refractivity contribution in [3.05, 3.63) is 29.4 Å². The largest absolute Gasteiger partial charge is 0.493 e. The van der Waals surface area contributed by atoms with Gasteiger partial charge in [-0.15, -0.1) is 11.3 Å². The smallest absolute Gasteiger partial charge is 0.268 e. The van der Waals surface area contributed by atoms with Gasteiger partial charge in [0.1, 0.15) is 11.7 Å². The first-order chi connectivity index (χ1) is 14.4. The van der Waals surface area contributed by atoms with Gasteiger partial charge in [-0.25, -0.2) is 4.98 Å². The van der Waals surface area contributed by atoms with Gasteiger partial charge in [0.05, 0.1) is 26.8 Å². The van der Waals surface area contributed by atoms with Crippen LogP contribution in [0.15, 0.2) is 23.7 Å². The maximum Gasteiger partial charge on any atom is 0.268 e. The average molecular weight is 433 g/mol. The highest BCUT2D eigenvalue weighted by Crippen LogP contribution is 2.43. The van der Waals surface area contributed by atoms with Crippen molar-refractivity contribution in [1.82, 2.24) is 15.3 Å². The van der Waals surface area contributed by atoms with Crippen LogP contribution < -0.4 is 24.8 Å². The first kappa shape index (κ1) is 21.4. The van der Waals surface area contributed by atoms with Crippen molar-refractivity contribution in [3.8, 4) is 17.2 Å². The molecule has 0 unspecified atom stereocenters. The molecule has 0 aliphatic heterocycles. The molecule has 160 valence electrons. The van der Waals surface area contributed by atoms with Gasteiger partial charge in [-0.1, -0.05) is 13.8 Å². The third kappa shape index (κ3) is 4.18. The normalized spacial score (nSPS) is 11.9. The maximum absolute atomic E-state index is 12.9. The van der Waals surface area contributed by atoms with Crippen LogP contribution in [-0.4, -0.2) is 49.2 Å². The number of nitrogens with one attached hydrogen (secondary N) is 3. The minimum Gasteiger partial charge on any atom is -0.493 e. The molecule has 0 aliphatic rings. The minimum atomic E-state index is -0.737. The quantitative estimate of drug-likeness (QED) is 0.504. The van der Waals surface area contributed by atoms with Crippen LogP contribution >= 0.6 is 11.3 Å². The molecule has 0 bridgehead atoms. The summed E-state index contributed by atoms with van der Waals surface area (Å²) >= 11 is 1.31. The van der Waals surface area contributed by atoms with Gasteiger partial charge in [-0.05, 0) is 18.1 Å². The number of amides is 2. The lowest BCUT2D eigenvalue weighted by Crippen LogP contribution is -2.47. The lowest BCUT2D eigenvalue weighted by atomic mass is 10.0. The Labute approximate surface area is 177 Å². The Morgan fingerprint density at radius 1 is 1.10 bits per heavy atom. The Morgan fingerprint density at radius 2 is 1.83 bits per heavy atom. The summed E-state index contributed by atoms with van der Waals surface area (Å²) in [6, 6.07) is 2.68. The van der Waals surface area contributed by atoms with Crippen LogP contribution in [0.4, 0.5) is 5.13 Å². The molecule has 2 aromatic heterocycles. The van der Waals surface area contributed by atoms with E-state index < -0.39 is 11.9 Å². The van der Waals surface area contributed by atoms with E-state index in [0.717, 1.165) is 0 Å². The zero-order chi connectivity index (χ0) is 21.8. The molecule has 30 heavy (non-hydrogen) atoms. The number of benzene rings is 1. The second kappa shape index (κ2) is 9.04. The van der Waals surface area contributed by atoms with Gasteiger partial charge in [-0.2, -0.15) is 0 Å². The van der Waals surface area contributed by atoms with Crippen LogP contribution in [0.5, 0.6) is 17.2 Å². The number of hydrogen-bond acceptors (Lipinski definition) is 7. The van der Waals surface area contributed by atoms with Gasteiger partial charge in [-0.3, -0.25) is 9.59 Å². The number of thiazole rings is 1. The van der Waals surface area contributed by atoms with E-state index in [1.807, 2.05) is 13.8 Å². The van der Waals surface area contributed by atoms with Crippen LogP contribution in [0.3, 0.4) is 0 Å². The molecule has 10 heteroatoms. The summed E-state index contributed by atoms with van der Waals surface area (Å²) in [6.45, 7) is 3.71. The Hall–Kier alpha value is -3.27. The monoisotopic (exact) mass is 432 g/mol. The van der Waals surface area contributed by atoms with E-state index in [1.54, 1.807) is 23.7 Å². The predicted octanol–water partition coefficient (Wildman–Crippen LogP) is 3.04. The lowest BCUT2D eigenvalue weighted by Gasteiger charge is -2.20. The number of carbonyl (C=O) groups excluding carboxylic acids is 2. The van der Waals surface area contributed by atoms with Gasteiger partial charge in [0.25, 0.3) is 5.91 Å². The van der Waals surface area contributed by atoms with E-state index >= 15 is 0 Å². The third-order valence-corrected chi connectivity index (χ3v) is 5.25. The summed E-state index contributed by atoms with van der Waals surface area (Å²) in [5.41, 5.74) is 0.875. The van der Waals surface area contributed by atoms with Crippen LogP contribution in [0, 0.1) is 5.92 Å². The van der Waals surface area contributed by atoms with Crippen molar-refractivity contribution in [2.75, 3.05) is 26.6 Å². The molecule has 9 nitrogen and oxygen atoms in total. The zero-order valence-electron chi connectivity index (χ0n) is 17.4. The van der Waals surface area contributed by atoms with E-state index in [2.05, 4.69) is 20.6 Å². The number of hydrogen-bond donors (Lipinski definition) is 3. The number of aromatic amines is 1. The van der Waals surface area contributed by atoms with Crippen molar-refractivity contribution in [3.63, 3.8) is 0 Å². The van der Waals surface area contributed by atoms with Gasteiger partial charge >= 0.3 is 0 Å². The fourth-order valence-corrected chi connectivity index (χ4v) is 3.62. The number of nitrogens with zero attached hydrogens (tertiary/aromatic N) is 1. The molecule has 1 atom stereocenters. The Kier molecular flexibility index (Phi) is 6.46. The number of ether oxygens (including phenoxy) is 3. The predicted molar refractivity (Wildman–Crippen MR) is 115 cm³/mol. The molecule has 1 aromatic carbocycles. The summed E-state index contributed by atoms with van der Waals surface area (Å²) in [5.74, 6) is 0.449. The molecule has 2 amide bonds. The van der Waals surface area contributed by atoms with Crippen LogP contribution in [0.25, 0.3) is 10.9 Å². The first-order valence-electron chi connectivity index (χ1n) is 9.22. The number of H-pyrrole nitrogens is 1. The summed E-state index contributed by atoms with van der Waals surface area (Å²) in [6.07, 6.45) is 1.60. The SMILES string of the molecule is COc1cc2cc(C(=O)N[C@@H](C(=O)Nc3nccs3)C(C)C)[nH]c2c(OC)c1OC. The van der Waals surface area contributed by atoms with Crippen molar-refractivity contribution in [1.29, 1.82) is 0 Å². The molecular formula is C20H24N4O5S. The molecule has 0 spiro atoms. The molecule has 3 rings (SSSR count). The molecule has 3 N–H and O–H groups in total. The highest BCUT2D eigenvalue weighted by molar-refractivity contribution is 7.13. The van der Waals surface area contributed by atoms with Gasteiger partial charge in [0.15, 0.2) is 16.6 Å². The summed E-state index contributed by atoms with van der Waals surface area (Å²) < 4.78 is 16.2. The standard InChI is InChI=1S/C20H24N4O5S/c1-10(2)14(19(26)24-20-21-6-7-30-20)23-18(25)12-8-11-9-13(27-3)16(28-4)17(29-5)15(11)22-12/h6-10,14,22H,1-5H3,(H,23,25)(H,21,24,26)/t14-/m1/s1. The summed E-state index contributed by atoms with van der Waals surface area (Å²) in [5, 5.41) is 8.47. The molecule has 0 fully saturated rings. The molecule has 0 saturated heterocycles. The van der Waals surface area contributed by atoms with E-state index in [-0.39, 0.29) is 17.5 Å². The van der Waals surface area contributed by atoms with E-state index in [4.69, 9.17) is 14.2 Å². The fraction of sp³-hybridized carbons (Fsp3) is 0.350. The number of fused-ring (bicyclic) bond motifs is 1. The number of aromatic nitrogens is 2. The van der Waals surface area contributed by atoms with Crippen molar-refractivity contribution in [2.24, 2.45) is 5.92 Å². The lowest BCUT2D eigenvalue weighted by molar-refractivity contribution is -0.118. The first-order valence-corrected chi connectivity index (χ1v) is 10.1. The Morgan fingerprint density at radius 3 is 2.40 bits per heavy atom. The minimum absolute atomic E-state index is 0.131. The molecule has 3 aromatic rings. The molecule has 0 aliphatic carbocycles. The topological polar surface area (TPSA) is 115 Å². The molecule has 0 radical (unpaired) electrons. The van der Waals surface area contributed by atoms with Gasteiger partial charge < -0.3 is 29.8 Å². The molecule has 0 saturated carbocycles. The van der Waals surface area contributed by atoms with Gasteiger partial charge in [0.2, 0.25) is 11.7 Å². The maximum atomic E-state index is 12.9. The van der Waals surface area contributed by atoms with Crippen LogP contribution in [0.2, 0.25) is 0 Å². The Bertz CT molecular complexity index is 1050. The van der Waals surface area contributed by atoms with Gasteiger partial charge in [0, 0.05) is 17.0 Å². The highest BCUT2D eigenvalue weighted by Gasteiger charge is 2.27. The van der Waals surface area contributed by atoms with Crippen LogP contribution in [0.1, 0.15) is 24.3 Å². The average Bonchev–Trinajstić information content (AvgIpc) is 3.39. The number of anilines is 1. The van der Waals surface area contributed by atoms with Crippen molar-refractivity contribution in [2.45, 2.75) is 19.9 Å². The van der Waals surface area contributed by atoms with Crippen molar-refractivity contribution < 1.29 is 23.8 Å². The Balaban J connectivity index is 1.88. The van der Waals surface area contributed by atoms with Crippen molar-refractivity contribution >= 4 is 39.2 Å². The zero-order valence-corrected chi connectivity index (χ0v) is 18.2. The number of carbonyl (C=O) groups is 2. The van der Waals surface area contributed by atoms with E-state index in [0.29, 0.717) is 33.3 Å². The summed E-state index contributed by atoms with van der Waals surface area (Å²) in [7, 11) is 4.55. The third-order valence-electron chi connectivity index (χ3n) is 4.56. The second-order valence-corrected chi connectivity index (χ2v) is 7.71. The number of methoxy groups -OCH3 is 3. The van der Waals surface area contributed by atoms with E-state index in [9.17, 15) is 9.59 Å². The van der Waals surface area contributed by atoms with E-state index in [1.165, 1.54) is 32.7 Å².